The van der Waals surface area contributed by atoms with E-state index in [4.69, 9.17) is 31.1 Å². The SMILES string of the molecule is C[C@H](OC(=O)/C=C/c1cc(Cl)c2c(c1)OCO2)C(=O)Nc1sccc1C#N. The highest BCUT2D eigenvalue weighted by Gasteiger charge is 2.19. The fourth-order valence-corrected chi connectivity index (χ4v) is 3.24. The van der Waals surface area contributed by atoms with E-state index in [0.717, 1.165) is 0 Å². The summed E-state index contributed by atoms with van der Waals surface area (Å²) in [6.45, 7) is 1.53. The van der Waals surface area contributed by atoms with Gasteiger partial charge in [-0.25, -0.2) is 4.79 Å². The van der Waals surface area contributed by atoms with Crippen LogP contribution in [0.3, 0.4) is 0 Å². The number of hydrogen-bond acceptors (Lipinski definition) is 7. The number of benzene rings is 1. The lowest BCUT2D eigenvalue weighted by Crippen LogP contribution is -2.29. The number of ether oxygens (including phenoxy) is 3. The molecule has 7 nitrogen and oxygen atoms in total. The van der Waals surface area contributed by atoms with Crippen molar-refractivity contribution in [1.82, 2.24) is 0 Å². The third-order valence-electron chi connectivity index (χ3n) is 3.55. The molecule has 2 heterocycles. The van der Waals surface area contributed by atoms with Crippen molar-refractivity contribution < 1.29 is 23.8 Å². The average molecular weight is 405 g/mol. The lowest BCUT2D eigenvalue weighted by Gasteiger charge is -2.11. The number of halogens is 1. The molecular formula is C18H13ClN2O5S. The van der Waals surface area contributed by atoms with Gasteiger partial charge in [0.1, 0.15) is 11.1 Å². The molecule has 1 atom stereocenters. The Bertz CT molecular complexity index is 963. The maximum Gasteiger partial charge on any atom is 0.331 e. The van der Waals surface area contributed by atoms with Crippen molar-refractivity contribution in [3.8, 4) is 17.6 Å². The third kappa shape index (κ3) is 4.39. The molecule has 9 heteroatoms. The van der Waals surface area contributed by atoms with Crippen molar-refractivity contribution in [3.63, 3.8) is 0 Å². The van der Waals surface area contributed by atoms with Crippen molar-refractivity contribution in [1.29, 1.82) is 5.26 Å². The predicted octanol–water partition coefficient (Wildman–Crippen LogP) is 3.59. The summed E-state index contributed by atoms with van der Waals surface area (Å²) in [4.78, 5) is 24.0. The summed E-state index contributed by atoms with van der Waals surface area (Å²) in [5, 5.41) is 14.0. The highest BCUT2D eigenvalue weighted by Crippen LogP contribution is 2.40. The predicted molar refractivity (Wildman–Crippen MR) is 99.8 cm³/mol. The summed E-state index contributed by atoms with van der Waals surface area (Å²) in [6, 6.07) is 6.86. The molecule has 138 valence electrons. The van der Waals surface area contributed by atoms with Crippen LogP contribution >= 0.6 is 22.9 Å². The van der Waals surface area contributed by atoms with E-state index in [1.54, 1.807) is 23.6 Å². The number of carbonyl (C=O) groups excluding carboxylic acids is 2. The van der Waals surface area contributed by atoms with Crippen LogP contribution in [0.4, 0.5) is 5.00 Å². The van der Waals surface area contributed by atoms with Crippen LogP contribution < -0.4 is 14.8 Å². The number of hydrogen-bond donors (Lipinski definition) is 1. The van der Waals surface area contributed by atoms with Crippen LogP contribution in [-0.2, 0) is 14.3 Å². The monoisotopic (exact) mass is 404 g/mol. The first-order valence-electron chi connectivity index (χ1n) is 7.74. The molecule has 0 saturated carbocycles. The number of nitrogens with one attached hydrogen (secondary N) is 1. The largest absolute Gasteiger partial charge is 0.454 e. The number of amides is 1. The summed E-state index contributed by atoms with van der Waals surface area (Å²) in [5.74, 6) is -0.264. The van der Waals surface area contributed by atoms with E-state index in [9.17, 15) is 9.59 Å². The summed E-state index contributed by atoms with van der Waals surface area (Å²) in [5.41, 5.74) is 0.974. The minimum absolute atomic E-state index is 0.0919. The maximum atomic E-state index is 12.1. The Morgan fingerprint density at radius 2 is 2.26 bits per heavy atom. The maximum absolute atomic E-state index is 12.1. The number of rotatable bonds is 5. The van der Waals surface area contributed by atoms with Crippen LogP contribution in [0.15, 0.2) is 29.7 Å². The van der Waals surface area contributed by atoms with E-state index in [1.165, 1.54) is 30.4 Å². The molecule has 1 aliphatic rings. The third-order valence-corrected chi connectivity index (χ3v) is 4.66. The number of nitriles is 1. The van der Waals surface area contributed by atoms with Gasteiger partial charge in [0.25, 0.3) is 5.91 Å². The van der Waals surface area contributed by atoms with Crippen LogP contribution in [0.5, 0.6) is 11.5 Å². The Balaban J connectivity index is 1.58. The number of nitrogens with zero attached hydrogens (tertiary/aromatic N) is 1. The second-order valence-corrected chi connectivity index (χ2v) is 6.74. The van der Waals surface area contributed by atoms with Crippen LogP contribution in [0, 0.1) is 11.3 Å². The fraction of sp³-hybridized carbons (Fsp3) is 0.167. The van der Waals surface area contributed by atoms with E-state index < -0.39 is 18.0 Å². The summed E-state index contributed by atoms with van der Waals surface area (Å²) in [7, 11) is 0. The van der Waals surface area contributed by atoms with Crippen molar-refractivity contribution in [3.05, 3.63) is 45.8 Å². The van der Waals surface area contributed by atoms with Gasteiger partial charge in [0.05, 0.1) is 10.6 Å². The van der Waals surface area contributed by atoms with E-state index in [0.29, 0.717) is 32.6 Å². The number of carbonyl (C=O) groups is 2. The summed E-state index contributed by atoms with van der Waals surface area (Å²) in [6.07, 6.45) is 1.65. The number of anilines is 1. The number of thiophene rings is 1. The smallest absolute Gasteiger partial charge is 0.331 e. The molecule has 0 fully saturated rings. The minimum Gasteiger partial charge on any atom is -0.454 e. The molecule has 3 rings (SSSR count). The molecule has 1 aliphatic heterocycles. The molecule has 2 aromatic rings. The van der Waals surface area contributed by atoms with Crippen LogP contribution in [-0.4, -0.2) is 24.8 Å². The van der Waals surface area contributed by atoms with Gasteiger partial charge in [-0.2, -0.15) is 5.26 Å². The van der Waals surface area contributed by atoms with Crippen LogP contribution in [0.2, 0.25) is 5.02 Å². The molecule has 1 aromatic heterocycles. The standard InChI is InChI=1S/C18H13ClN2O5S/c1-10(17(23)21-18-12(8-20)4-5-27-18)26-15(22)3-2-11-6-13(19)16-14(7-11)24-9-25-16/h2-7,10H,9H2,1H3,(H,21,23)/b3-2+/t10-/m0/s1. The van der Waals surface area contributed by atoms with Gasteiger partial charge in [0.2, 0.25) is 6.79 Å². The molecule has 0 spiro atoms. The first kappa shape index (κ1) is 18.8. The zero-order valence-corrected chi connectivity index (χ0v) is 15.6. The normalized spacial score (nSPS) is 13.2. The molecule has 0 aliphatic carbocycles. The van der Waals surface area contributed by atoms with Gasteiger partial charge in [-0.3, -0.25) is 4.79 Å². The topological polar surface area (TPSA) is 97.7 Å². The van der Waals surface area contributed by atoms with E-state index in [-0.39, 0.29) is 6.79 Å². The summed E-state index contributed by atoms with van der Waals surface area (Å²) < 4.78 is 15.5. The van der Waals surface area contributed by atoms with Gasteiger partial charge in [0, 0.05) is 6.08 Å². The average Bonchev–Trinajstić information content (AvgIpc) is 3.29. The molecule has 1 amide bonds. The van der Waals surface area contributed by atoms with Gasteiger partial charge in [0.15, 0.2) is 17.6 Å². The highest BCUT2D eigenvalue weighted by molar-refractivity contribution is 7.14. The second kappa shape index (κ2) is 8.12. The van der Waals surface area contributed by atoms with Gasteiger partial charge in [-0.15, -0.1) is 11.3 Å². The second-order valence-electron chi connectivity index (χ2n) is 5.41. The van der Waals surface area contributed by atoms with Crippen molar-refractivity contribution in [2.75, 3.05) is 12.1 Å². The van der Waals surface area contributed by atoms with E-state index in [1.807, 2.05) is 6.07 Å². The molecule has 0 saturated heterocycles. The quantitative estimate of drug-likeness (QED) is 0.604. The lowest BCUT2D eigenvalue weighted by atomic mass is 10.2. The molecule has 0 radical (unpaired) electrons. The lowest BCUT2D eigenvalue weighted by molar-refractivity contribution is -0.148. The zero-order valence-electron chi connectivity index (χ0n) is 14.0. The van der Waals surface area contributed by atoms with Crippen molar-refractivity contribution in [2.45, 2.75) is 13.0 Å². The van der Waals surface area contributed by atoms with Crippen LogP contribution in [0.25, 0.3) is 6.08 Å². The number of fused-ring (bicyclic) bond motifs is 1. The molecule has 27 heavy (non-hydrogen) atoms. The fourth-order valence-electron chi connectivity index (χ4n) is 2.22. The Hall–Kier alpha value is -3.02. The van der Waals surface area contributed by atoms with E-state index in [2.05, 4.69) is 5.32 Å². The molecule has 1 aromatic carbocycles. The Labute approximate surface area is 163 Å². The molecule has 0 bridgehead atoms. The van der Waals surface area contributed by atoms with E-state index >= 15 is 0 Å². The molecular weight excluding hydrogens is 392 g/mol. The molecule has 0 unspecified atom stereocenters. The minimum atomic E-state index is -1.03. The number of esters is 1. The van der Waals surface area contributed by atoms with Gasteiger partial charge in [-0.05, 0) is 42.1 Å². The Kier molecular flexibility index (Phi) is 5.64. The van der Waals surface area contributed by atoms with Crippen molar-refractivity contribution >= 4 is 45.9 Å². The van der Waals surface area contributed by atoms with Crippen LogP contribution in [0.1, 0.15) is 18.1 Å². The zero-order chi connectivity index (χ0) is 19.4. The van der Waals surface area contributed by atoms with Crippen molar-refractivity contribution in [2.24, 2.45) is 0 Å². The van der Waals surface area contributed by atoms with Gasteiger partial charge >= 0.3 is 5.97 Å². The van der Waals surface area contributed by atoms with Gasteiger partial charge in [-0.1, -0.05) is 11.6 Å². The highest BCUT2D eigenvalue weighted by atomic mass is 35.5. The first-order chi connectivity index (χ1) is 13.0. The Morgan fingerprint density at radius 3 is 3.04 bits per heavy atom. The first-order valence-corrected chi connectivity index (χ1v) is 9.00. The summed E-state index contributed by atoms with van der Waals surface area (Å²) >= 11 is 7.29. The Morgan fingerprint density at radius 1 is 1.44 bits per heavy atom. The molecule has 1 N–H and O–H groups in total. The van der Waals surface area contributed by atoms with Gasteiger partial charge < -0.3 is 19.5 Å².